The maximum absolute atomic E-state index is 12.3. The maximum atomic E-state index is 12.3. The van der Waals surface area contributed by atoms with E-state index in [1.165, 1.54) is 0 Å². The summed E-state index contributed by atoms with van der Waals surface area (Å²) in [6, 6.07) is 13.6. The van der Waals surface area contributed by atoms with E-state index >= 15 is 0 Å². The fraction of sp³-hybridized carbons (Fsp3) is 0.250. The Bertz CT molecular complexity index is 679. The van der Waals surface area contributed by atoms with E-state index in [1.807, 2.05) is 12.1 Å². The minimum atomic E-state index is -3.56. The van der Waals surface area contributed by atoms with Crippen LogP contribution in [-0.4, -0.2) is 8.42 Å². The van der Waals surface area contributed by atoms with Gasteiger partial charge in [0, 0.05) is 10.7 Å². The molecule has 0 atom stereocenters. The molecule has 0 heterocycles. The van der Waals surface area contributed by atoms with Crippen molar-refractivity contribution in [3.63, 3.8) is 0 Å². The molecule has 112 valence electrons. The van der Waals surface area contributed by atoms with E-state index in [-0.39, 0.29) is 4.90 Å². The Kier molecular flexibility index (Phi) is 5.26. The summed E-state index contributed by atoms with van der Waals surface area (Å²) in [7, 11) is -3.56. The van der Waals surface area contributed by atoms with Gasteiger partial charge in [-0.15, -0.1) is 0 Å². The van der Waals surface area contributed by atoms with Crippen LogP contribution in [0.25, 0.3) is 0 Å². The van der Waals surface area contributed by atoms with Gasteiger partial charge < -0.3 is 0 Å². The van der Waals surface area contributed by atoms with Gasteiger partial charge in [-0.2, -0.15) is 0 Å². The van der Waals surface area contributed by atoms with Crippen molar-refractivity contribution in [2.75, 3.05) is 4.72 Å². The Morgan fingerprint density at radius 3 is 2.19 bits per heavy atom. The van der Waals surface area contributed by atoms with Gasteiger partial charge in [0.25, 0.3) is 10.0 Å². The summed E-state index contributed by atoms with van der Waals surface area (Å²) in [5.41, 5.74) is 1.65. The van der Waals surface area contributed by atoms with Crippen LogP contribution in [0, 0.1) is 0 Å². The Labute approximate surface area is 131 Å². The summed E-state index contributed by atoms with van der Waals surface area (Å²) in [4.78, 5) is 0.262. The van der Waals surface area contributed by atoms with Crippen molar-refractivity contribution in [1.29, 1.82) is 0 Å². The summed E-state index contributed by atoms with van der Waals surface area (Å²) in [6.07, 6.45) is 3.20. The van der Waals surface area contributed by atoms with Gasteiger partial charge in [-0.1, -0.05) is 37.1 Å². The lowest BCUT2D eigenvalue weighted by Gasteiger charge is -2.09. The molecule has 1 N–H and O–H groups in total. The van der Waals surface area contributed by atoms with E-state index < -0.39 is 10.0 Å². The molecule has 0 fully saturated rings. The summed E-state index contributed by atoms with van der Waals surface area (Å²) >= 11 is 5.78. The third-order valence-corrected chi connectivity index (χ3v) is 4.80. The van der Waals surface area contributed by atoms with Crippen molar-refractivity contribution < 1.29 is 8.42 Å². The molecule has 21 heavy (non-hydrogen) atoms. The topological polar surface area (TPSA) is 46.2 Å². The number of anilines is 1. The number of rotatable bonds is 6. The number of unbranched alkanes of at least 4 members (excludes halogenated alkanes) is 1. The molecule has 0 aliphatic heterocycles. The van der Waals surface area contributed by atoms with E-state index in [4.69, 9.17) is 11.6 Å². The zero-order valence-corrected chi connectivity index (χ0v) is 13.4. The van der Waals surface area contributed by atoms with Crippen LogP contribution in [0.15, 0.2) is 53.4 Å². The number of sulfonamides is 1. The summed E-state index contributed by atoms with van der Waals surface area (Å²) in [6.45, 7) is 2.13. The molecule has 2 rings (SSSR count). The third-order valence-electron chi connectivity index (χ3n) is 3.15. The second-order valence-electron chi connectivity index (χ2n) is 4.86. The minimum Gasteiger partial charge on any atom is -0.280 e. The fourth-order valence-corrected chi connectivity index (χ4v) is 3.13. The van der Waals surface area contributed by atoms with Crippen LogP contribution >= 0.6 is 11.6 Å². The number of nitrogens with one attached hydrogen (secondary N) is 1. The first-order valence-electron chi connectivity index (χ1n) is 6.88. The molecule has 0 aliphatic carbocycles. The van der Waals surface area contributed by atoms with Crippen LogP contribution < -0.4 is 4.72 Å². The quantitative estimate of drug-likeness (QED) is 0.851. The highest BCUT2D eigenvalue weighted by Crippen LogP contribution is 2.19. The van der Waals surface area contributed by atoms with Crippen molar-refractivity contribution in [2.45, 2.75) is 31.1 Å². The molecule has 0 radical (unpaired) electrons. The molecule has 2 aromatic rings. The fourth-order valence-electron chi connectivity index (χ4n) is 1.95. The maximum Gasteiger partial charge on any atom is 0.261 e. The normalized spacial score (nSPS) is 11.3. The molecule has 0 spiro atoms. The van der Waals surface area contributed by atoms with Crippen molar-refractivity contribution in [2.24, 2.45) is 0 Å². The monoisotopic (exact) mass is 323 g/mol. The smallest absolute Gasteiger partial charge is 0.261 e. The second kappa shape index (κ2) is 6.96. The van der Waals surface area contributed by atoms with Crippen LogP contribution in [0.1, 0.15) is 25.3 Å². The van der Waals surface area contributed by atoms with E-state index in [9.17, 15) is 8.42 Å². The summed E-state index contributed by atoms with van der Waals surface area (Å²) in [5.74, 6) is 0. The predicted molar refractivity (Wildman–Crippen MR) is 87.3 cm³/mol. The third kappa shape index (κ3) is 4.48. The highest BCUT2D eigenvalue weighted by molar-refractivity contribution is 7.92. The summed E-state index contributed by atoms with van der Waals surface area (Å²) < 4.78 is 27.1. The molecule has 0 aliphatic rings. The molecule has 0 bridgehead atoms. The zero-order chi connectivity index (χ0) is 15.3. The molecule has 0 saturated carbocycles. The predicted octanol–water partition coefficient (Wildman–Crippen LogP) is 4.48. The highest BCUT2D eigenvalue weighted by Gasteiger charge is 2.13. The molecule has 0 saturated heterocycles. The van der Waals surface area contributed by atoms with Crippen LogP contribution in [0.2, 0.25) is 5.02 Å². The average Bonchev–Trinajstić information content (AvgIpc) is 2.48. The molecule has 0 unspecified atom stereocenters. The first-order valence-corrected chi connectivity index (χ1v) is 8.75. The number of benzene rings is 2. The van der Waals surface area contributed by atoms with Crippen molar-refractivity contribution in [3.05, 3.63) is 59.1 Å². The van der Waals surface area contributed by atoms with E-state index in [0.717, 1.165) is 24.8 Å². The van der Waals surface area contributed by atoms with Gasteiger partial charge in [0.2, 0.25) is 0 Å². The molecule has 3 nitrogen and oxygen atoms in total. The Balaban J connectivity index is 2.13. The number of hydrogen-bond donors (Lipinski definition) is 1. The van der Waals surface area contributed by atoms with Gasteiger partial charge in [-0.3, -0.25) is 4.72 Å². The largest absolute Gasteiger partial charge is 0.280 e. The first-order chi connectivity index (χ1) is 10.0. The van der Waals surface area contributed by atoms with Crippen LogP contribution in [0.4, 0.5) is 5.69 Å². The first kappa shape index (κ1) is 15.9. The van der Waals surface area contributed by atoms with Crippen molar-refractivity contribution in [1.82, 2.24) is 0 Å². The Morgan fingerprint density at radius 2 is 1.62 bits per heavy atom. The lowest BCUT2D eigenvalue weighted by molar-refractivity contribution is 0.601. The van der Waals surface area contributed by atoms with Crippen molar-refractivity contribution in [3.8, 4) is 0 Å². The van der Waals surface area contributed by atoms with E-state index in [2.05, 4.69) is 11.6 Å². The second-order valence-corrected chi connectivity index (χ2v) is 6.98. The SMILES string of the molecule is CCCCc1ccc(S(=O)(=O)Nc2ccc(Cl)cc2)cc1. The highest BCUT2D eigenvalue weighted by atomic mass is 35.5. The number of hydrogen-bond acceptors (Lipinski definition) is 2. The number of halogens is 1. The van der Waals surface area contributed by atoms with E-state index in [0.29, 0.717) is 10.7 Å². The van der Waals surface area contributed by atoms with Gasteiger partial charge >= 0.3 is 0 Å². The average molecular weight is 324 g/mol. The lowest BCUT2D eigenvalue weighted by atomic mass is 10.1. The number of aryl methyl sites for hydroxylation is 1. The Morgan fingerprint density at radius 1 is 1.00 bits per heavy atom. The van der Waals surface area contributed by atoms with Gasteiger partial charge in [-0.25, -0.2) is 8.42 Å². The van der Waals surface area contributed by atoms with Crippen molar-refractivity contribution >= 4 is 27.3 Å². The molecule has 0 aromatic heterocycles. The van der Waals surface area contributed by atoms with Crippen LogP contribution in [0.3, 0.4) is 0 Å². The van der Waals surface area contributed by atoms with Gasteiger partial charge in [-0.05, 0) is 54.8 Å². The molecular formula is C16H18ClNO2S. The zero-order valence-electron chi connectivity index (χ0n) is 11.8. The lowest BCUT2D eigenvalue weighted by Crippen LogP contribution is -2.12. The van der Waals surface area contributed by atoms with E-state index in [1.54, 1.807) is 36.4 Å². The van der Waals surface area contributed by atoms with Crippen LogP contribution in [-0.2, 0) is 16.4 Å². The van der Waals surface area contributed by atoms with Gasteiger partial charge in [0.05, 0.1) is 4.90 Å². The molecule has 0 amide bonds. The molecular weight excluding hydrogens is 306 g/mol. The summed E-state index contributed by atoms with van der Waals surface area (Å²) in [5, 5.41) is 0.568. The Hall–Kier alpha value is -1.52. The molecule has 5 heteroatoms. The van der Waals surface area contributed by atoms with Crippen LogP contribution in [0.5, 0.6) is 0 Å². The van der Waals surface area contributed by atoms with Gasteiger partial charge in [0.1, 0.15) is 0 Å². The standard InChI is InChI=1S/C16H18ClNO2S/c1-2-3-4-13-5-11-16(12-6-13)21(19,20)18-15-9-7-14(17)8-10-15/h5-12,18H,2-4H2,1H3. The van der Waals surface area contributed by atoms with Gasteiger partial charge in [0.15, 0.2) is 0 Å². The minimum absolute atomic E-state index is 0.262. The molecule has 2 aromatic carbocycles.